The Balaban J connectivity index is 2.08. The molecule has 0 fully saturated rings. The molecule has 108 valence electrons. The number of fused-ring (bicyclic) bond motifs is 1. The molecule has 0 aliphatic carbocycles. The molecule has 3 nitrogen and oxygen atoms in total. The van der Waals surface area contributed by atoms with Gasteiger partial charge in [0.2, 0.25) is 0 Å². The Kier molecular flexibility index (Phi) is 5.10. The van der Waals surface area contributed by atoms with Gasteiger partial charge in [0.25, 0.3) is 0 Å². The summed E-state index contributed by atoms with van der Waals surface area (Å²) in [6, 6.07) is 11.1. The third-order valence-electron chi connectivity index (χ3n) is 3.42. The quantitative estimate of drug-likeness (QED) is 0.875. The molecular formula is C17H25N3. The highest BCUT2D eigenvalue weighted by Gasteiger charge is 2.06. The molecule has 0 spiro atoms. The summed E-state index contributed by atoms with van der Waals surface area (Å²) in [5, 5.41) is 4.72. The van der Waals surface area contributed by atoms with Crippen LogP contribution in [0.5, 0.6) is 0 Å². The molecule has 2 aromatic rings. The van der Waals surface area contributed by atoms with Crippen LogP contribution < -0.4 is 5.32 Å². The number of aromatic nitrogens is 1. The van der Waals surface area contributed by atoms with Crippen molar-refractivity contribution in [3.63, 3.8) is 0 Å². The van der Waals surface area contributed by atoms with Crippen molar-refractivity contribution in [1.29, 1.82) is 0 Å². The lowest BCUT2D eigenvalue weighted by Gasteiger charge is -2.19. The van der Waals surface area contributed by atoms with Crippen LogP contribution in [0, 0.1) is 6.92 Å². The van der Waals surface area contributed by atoms with E-state index >= 15 is 0 Å². The molecule has 0 saturated heterocycles. The van der Waals surface area contributed by atoms with Crippen LogP contribution in [-0.2, 0) is 6.54 Å². The highest BCUT2D eigenvalue weighted by atomic mass is 15.1. The van der Waals surface area contributed by atoms with E-state index in [0.29, 0.717) is 6.04 Å². The number of para-hydroxylation sites is 1. The average Bonchev–Trinajstić information content (AvgIpc) is 2.38. The molecule has 3 heteroatoms. The SMILES string of the molecule is Cc1cc(CN(C)CCNC(C)C)c2ccccc2n1. The zero-order valence-electron chi connectivity index (χ0n) is 13.0. The van der Waals surface area contributed by atoms with E-state index in [1.807, 2.05) is 0 Å². The molecule has 0 radical (unpaired) electrons. The van der Waals surface area contributed by atoms with Gasteiger partial charge in [-0.25, -0.2) is 0 Å². The van der Waals surface area contributed by atoms with Crippen LogP contribution in [0.1, 0.15) is 25.1 Å². The van der Waals surface area contributed by atoms with E-state index in [-0.39, 0.29) is 0 Å². The molecule has 1 N–H and O–H groups in total. The Morgan fingerprint density at radius 2 is 2.00 bits per heavy atom. The van der Waals surface area contributed by atoms with Crippen molar-refractivity contribution in [2.45, 2.75) is 33.4 Å². The second-order valence-electron chi connectivity index (χ2n) is 5.79. The first-order chi connectivity index (χ1) is 9.56. The van der Waals surface area contributed by atoms with Crippen LogP contribution in [0.4, 0.5) is 0 Å². The maximum atomic E-state index is 4.60. The van der Waals surface area contributed by atoms with Gasteiger partial charge in [0.1, 0.15) is 0 Å². The van der Waals surface area contributed by atoms with E-state index in [1.165, 1.54) is 10.9 Å². The van der Waals surface area contributed by atoms with Crippen LogP contribution in [0.3, 0.4) is 0 Å². The van der Waals surface area contributed by atoms with Gasteiger partial charge in [-0.3, -0.25) is 4.98 Å². The average molecular weight is 271 g/mol. The third-order valence-corrected chi connectivity index (χ3v) is 3.42. The number of benzene rings is 1. The van der Waals surface area contributed by atoms with E-state index in [9.17, 15) is 0 Å². The fraction of sp³-hybridized carbons (Fsp3) is 0.471. The monoisotopic (exact) mass is 271 g/mol. The molecule has 0 amide bonds. The fourth-order valence-electron chi connectivity index (χ4n) is 2.44. The predicted octanol–water partition coefficient (Wildman–Crippen LogP) is 2.97. The van der Waals surface area contributed by atoms with Gasteiger partial charge in [0, 0.05) is 36.8 Å². The normalized spacial score (nSPS) is 11.7. The second-order valence-corrected chi connectivity index (χ2v) is 5.79. The molecule has 1 heterocycles. The summed E-state index contributed by atoms with van der Waals surface area (Å²) in [6.45, 7) is 9.46. The molecule has 0 unspecified atom stereocenters. The number of nitrogens with one attached hydrogen (secondary N) is 1. The molecule has 0 aliphatic heterocycles. The summed E-state index contributed by atoms with van der Waals surface area (Å²) in [4.78, 5) is 6.96. The summed E-state index contributed by atoms with van der Waals surface area (Å²) in [7, 11) is 2.17. The Morgan fingerprint density at radius 3 is 2.75 bits per heavy atom. The van der Waals surface area contributed by atoms with Gasteiger partial charge in [-0.1, -0.05) is 32.0 Å². The Hall–Kier alpha value is -1.45. The number of nitrogens with zero attached hydrogens (tertiary/aromatic N) is 2. The van der Waals surface area contributed by atoms with Gasteiger partial charge in [-0.05, 0) is 31.7 Å². The topological polar surface area (TPSA) is 28.2 Å². The van der Waals surface area contributed by atoms with Crippen molar-refractivity contribution in [1.82, 2.24) is 15.2 Å². The van der Waals surface area contributed by atoms with Gasteiger partial charge >= 0.3 is 0 Å². The Morgan fingerprint density at radius 1 is 1.25 bits per heavy atom. The summed E-state index contributed by atoms with van der Waals surface area (Å²) in [5.74, 6) is 0. The summed E-state index contributed by atoms with van der Waals surface area (Å²) >= 11 is 0. The molecule has 1 aromatic heterocycles. The van der Waals surface area contributed by atoms with E-state index < -0.39 is 0 Å². The summed E-state index contributed by atoms with van der Waals surface area (Å²) < 4.78 is 0. The highest BCUT2D eigenvalue weighted by molar-refractivity contribution is 5.82. The van der Waals surface area contributed by atoms with Gasteiger partial charge < -0.3 is 10.2 Å². The van der Waals surface area contributed by atoms with E-state index in [4.69, 9.17) is 0 Å². The minimum atomic E-state index is 0.549. The van der Waals surface area contributed by atoms with Gasteiger partial charge in [0.15, 0.2) is 0 Å². The lowest BCUT2D eigenvalue weighted by atomic mass is 10.1. The first-order valence-electron chi connectivity index (χ1n) is 7.33. The van der Waals surface area contributed by atoms with Crippen LogP contribution >= 0.6 is 0 Å². The van der Waals surface area contributed by atoms with E-state index in [0.717, 1.165) is 30.8 Å². The lowest BCUT2D eigenvalue weighted by molar-refractivity contribution is 0.321. The maximum Gasteiger partial charge on any atom is 0.0708 e. The van der Waals surface area contributed by atoms with Crippen molar-refractivity contribution in [2.75, 3.05) is 20.1 Å². The fourth-order valence-corrected chi connectivity index (χ4v) is 2.44. The minimum absolute atomic E-state index is 0.549. The second kappa shape index (κ2) is 6.82. The summed E-state index contributed by atoms with van der Waals surface area (Å²) in [5.41, 5.74) is 3.55. The standard InChI is InChI=1S/C17H25N3/c1-13(2)18-9-10-20(4)12-15-11-14(3)19-17-8-6-5-7-16(15)17/h5-8,11,13,18H,9-10,12H2,1-4H3. The number of aryl methyl sites for hydroxylation is 1. The number of pyridine rings is 1. The van der Waals surface area contributed by atoms with E-state index in [2.05, 4.69) is 73.4 Å². The zero-order chi connectivity index (χ0) is 14.5. The number of likely N-dealkylation sites (N-methyl/N-ethyl adjacent to an activating group) is 1. The van der Waals surface area contributed by atoms with Crippen LogP contribution in [0.25, 0.3) is 10.9 Å². The zero-order valence-corrected chi connectivity index (χ0v) is 13.0. The minimum Gasteiger partial charge on any atom is -0.313 e. The number of hydrogen-bond donors (Lipinski definition) is 1. The van der Waals surface area contributed by atoms with Crippen molar-refractivity contribution in [2.24, 2.45) is 0 Å². The smallest absolute Gasteiger partial charge is 0.0708 e. The molecule has 0 aliphatic rings. The predicted molar refractivity (Wildman–Crippen MR) is 86.0 cm³/mol. The molecule has 1 aromatic carbocycles. The van der Waals surface area contributed by atoms with Gasteiger partial charge in [-0.2, -0.15) is 0 Å². The maximum absolute atomic E-state index is 4.60. The molecule has 2 rings (SSSR count). The molecular weight excluding hydrogens is 246 g/mol. The first kappa shape index (κ1) is 14.9. The largest absolute Gasteiger partial charge is 0.313 e. The molecule has 0 atom stereocenters. The van der Waals surface area contributed by atoms with Crippen LogP contribution in [0.15, 0.2) is 30.3 Å². The molecule has 0 saturated carbocycles. The molecule has 20 heavy (non-hydrogen) atoms. The Labute approximate surface area is 122 Å². The number of hydrogen-bond acceptors (Lipinski definition) is 3. The Bertz CT molecular complexity index is 563. The van der Waals surface area contributed by atoms with Crippen molar-refractivity contribution in [3.8, 4) is 0 Å². The molecule has 0 bridgehead atoms. The van der Waals surface area contributed by atoms with Crippen LogP contribution in [0.2, 0.25) is 0 Å². The lowest BCUT2D eigenvalue weighted by Crippen LogP contribution is -2.32. The van der Waals surface area contributed by atoms with E-state index in [1.54, 1.807) is 0 Å². The number of rotatable bonds is 6. The first-order valence-corrected chi connectivity index (χ1v) is 7.33. The van der Waals surface area contributed by atoms with Crippen LogP contribution in [-0.4, -0.2) is 36.1 Å². The third kappa shape index (κ3) is 4.02. The highest BCUT2D eigenvalue weighted by Crippen LogP contribution is 2.19. The van der Waals surface area contributed by atoms with Gasteiger partial charge in [-0.15, -0.1) is 0 Å². The summed E-state index contributed by atoms with van der Waals surface area (Å²) in [6.07, 6.45) is 0. The van der Waals surface area contributed by atoms with Gasteiger partial charge in [0.05, 0.1) is 5.52 Å². The van der Waals surface area contributed by atoms with Crippen molar-refractivity contribution in [3.05, 3.63) is 41.6 Å². The van der Waals surface area contributed by atoms with Crippen molar-refractivity contribution >= 4 is 10.9 Å². The van der Waals surface area contributed by atoms with Crippen molar-refractivity contribution < 1.29 is 0 Å².